The van der Waals surface area contributed by atoms with E-state index in [-0.39, 0.29) is 32.1 Å². The van der Waals surface area contributed by atoms with Crippen molar-refractivity contribution < 1.29 is 14.5 Å². The monoisotopic (exact) mass is 421 g/mol. The number of non-ortho nitro benzene ring substituents is 1. The molecule has 0 bridgehead atoms. The van der Waals surface area contributed by atoms with Crippen LogP contribution in [0.2, 0.25) is 10.0 Å². The highest BCUT2D eigenvalue weighted by Gasteiger charge is 2.35. The first-order valence-corrected chi connectivity index (χ1v) is 8.56. The number of hydrogen-bond acceptors (Lipinski definition) is 5. The van der Waals surface area contributed by atoms with Gasteiger partial charge in [0.1, 0.15) is 5.57 Å². The molecule has 1 saturated heterocycles. The van der Waals surface area contributed by atoms with Crippen molar-refractivity contribution in [1.29, 1.82) is 0 Å². The summed E-state index contributed by atoms with van der Waals surface area (Å²) in [7, 11) is 0. The normalized spacial score (nSPS) is 15.9. The molecule has 0 saturated carbocycles. The maximum atomic E-state index is 12.9. The number of amides is 2. The fourth-order valence-corrected chi connectivity index (χ4v) is 3.05. The Morgan fingerprint density at radius 2 is 1.78 bits per heavy atom. The molecule has 1 heterocycles. The van der Waals surface area contributed by atoms with Gasteiger partial charge in [-0.2, -0.15) is 0 Å². The van der Waals surface area contributed by atoms with E-state index in [0.29, 0.717) is 5.56 Å². The van der Waals surface area contributed by atoms with E-state index in [9.17, 15) is 19.7 Å². The third-order valence-corrected chi connectivity index (χ3v) is 4.78. The number of anilines is 1. The third kappa shape index (κ3) is 3.68. The lowest BCUT2D eigenvalue weighted by Crippen LogP contribution is -2.54. The highest BCUT2D eigenvalue weighted by molar-refractivity contribution is 7.80. The highest BCUT2D eigenvalue weighted by atomic mass is 35.5. The molecular weight excluding hydrogens is 413 g/mol. The smallest absolute Gasteiger partial charge is 0.270 e. The quantitative estimate of drug-likeness (QED) is 0.268. The van der Waals surface area contributed by atoms with E-state index < -0.39 is 16.7 Å². The molecule has 2 amide bonds. The topological polar surface area (TPSA) is 92.6 Å². The molecule has 0 radical (unpaired) electrons. The Balaban J connectivity index is 2.02. The molecule has 0 spiro atoms. The predicted octanol–water partition coefficient (Wildman–Crippen LogP) is 3.73. The molecule has 1 fully saturated rings. The maximum Gasteiger partial charge on any atom is 0.270 e. The number of nitrogens with zero attached hydrogens (tertiary/aromatic N) is 2. The lowest BCUT2D eigenvalue weighted by molar-refractivity contribution is -0.384. The molecule has 0 aliphatic carbocycles. The Labute approximate surface area is 168 Å². The van der Waals surface area contributed by atoms with Crippen LogP contribution in [0.25, 0.3) is 6.08 Å². The number of halogens is 2. The maximum absolute atomic E-state index is 12.9. The summed E-state index contributed by atoms with van der Waals surface area (Å²) < 4.78 is 0. The van der Waals surface area contributed by atoms with Gasteiger partial charge in [-0.05, 0) is 48.1 Å². The molecule has 0 unspecified atom stereocenters. The van der Waals surface area contributed by atoms with Crippen LogP contribution in [0.5, 0.6) is 0 Å². The molecule has 2 aromatic rings. The van der Waals surface area contributed by atoms with Crippen LogP contribution in [0, 0.1) is 10.1 Å². The zero-order chi connectivity index (χ0) is 19.7. The number of benzene rings is 2. The number of carbonyl (C=O) groups excluding carboxylic acids is 2. The molecule has 27 heavy (non-hydrogen) atoms. The minimum absolute atomic E-state index is 0.106. The second-order valence-corrected chi connectivity index (χ2v) is 6.55. The SMILES string of the molecule is O=C1NC(=S)N(c2cccc(Cl)c2Cl)C(=O)/C1=C/c1ccc([N+](=O)[O-])cc1. The Morgan fingerprint density at radius 3 is 2.41 bits per heavy atom. The zero-order valence-electron chi connectivity index (χ0n) is 13.3. The van der Waals surface area contributed by atoms with Crippen molar-refractivity contribution in [1.82, 2.24) is 5.32 Å². The first-order chi connectivity index (χ1) is 12.8. The summed E-state index contributed by atoms with van der Waals surface area (Å²) in [5.41, 5.74) is 0.358. The molecule has 1 N–H and O–H groups in total. The van der Waals surface area contributed by atoms with Crippen LogP contribution in [0.15, 0.2) is 48.0 Å². The Bertz CT molecular complexity index is 1020. The molecular formula is C17H9Cl2N3O4S. The summed E-state index contributed by atoms with van der Waals surface area (Å²) in [4.78, 5) is 36.4. The van der Waals surface area contributed by atoms with Crippen LogP contribution in [-0.4, -0.2) is 21.9 Å². The van der Waals surface area contributed by atoms with E-state index >= 15 is 0 Å². The molecule has 136 valence electrons. The van der Waals surface area contributed by atoms with Gasteiger partial charge in [0.05, 0.1) is 20.7 Å². The van der Waals surface area contributed by atoms with Gasteiger partial charge >= 0.3 is 0 Å². The van der Waals surface area contributed by atoms with Gasteiger partial charge in [-0.1, -0.05) is 29.3 Å². The lowest BCUT2D eigenvalue weighted by atomic mass is 10.1. The van der Waals surface area contributed by atoms with Gasteiger partial charge < -0.3 is 0 Å². The molecule has 0 atom stereocenters. The number of nitro groups is 1. The predicted molar refractivity (Wildman–Crippen MR) is 106 cm³/mol. The van der Waals surface area contributed by atoms with Gasteiger partial charge in [0.2, 0.25) is 0 Å². The highest BCUT2D eigenvalue weighted by Crippen LogP contribution is 2.34. The zero-order valence-corrected chi connectivity index (χ0v) is 15.6. The Morgan fingerprint density at radius 1 is 1.11 bits per heavy atom. The van der Waals surface area contributed by atoms with Crippen molar-refractivity contribution in [3.63, 3.8) is 0 Å². The van der Waals surface area contributed by atoms with E-state index in [0.717, 1.165) is 4.90 Å². The van der Waals surface area contributed by atoms with Crippen molar-refractivity contribution in [2.75, 3.05) is 4.90 Å². The van der Waals surface area contributed by atoms with Gasteiger partial charge in [0.15, 0.2) is 5.11 Å². The summed E-state index contributed by atoms with van der Waals surface area (Å²) in [6, 6.07) is 10.1. The third-order valence-electron chi connectivity index (χ3n) is 3.69. The summed E-state index contributed by atoms with van der Waals surface area (Å²) in [5, 5.41) is 13.4. The molecule has 1 aliphatic heterocycles. The van der Waals surface area contributed by atoms with Crippen molar-refractivity contribution in [3.8, 4) is 0 Å². The van der Waals surface area contributed by atoms with Gasteiger partial charge in [-0.3, -0.25) is 29.9 Å². The Kier molecular flexibility index (Phi) is 5.22. The number of thiocarbonyl (C=S) groups is 1. The standard InChI is InChI=1S/C17H9Cl2N3O4S/c18-12-2-1-3-13(14(12)19)21-16(24)11(15(23)20-17(21)27)8-9-4-6-10(7-5-9)22(25)26/h1-8H,(H,20,23,27)/b11-8+. The minimum atomic E-state index is -0.689. The molecule has 10 heteroatoms. The van der Waals surface area contributed by atoms with Crippen molar-refractivity contribution >= 4 is 69.8 Å². The lowest BCUT2D eigenvalue weighted by Gasteiger charge is -2.29. The van der Waals surface area contributed by atoms with Crippen molar-refractivity contribution in [2.24, 2.45) is 0 Å². The van der Waals surface area contributed by atoms with Crippen LogP contribution < -0.4 is 10.2 Å². The van der Waals surface area contributed by atoms with Crippen LogP contribution >= 0.6 is 35.4 Å². The largest absolute Gasteiger partial charge is 0.298 e. The van der Waals surface area contributed by atoms with E-state index in [1.54, 1.807) is 18.2 Å². The van der Waals surface area contributed by atoms with E-state index in [1.807, 2.05) is 0 Å². The minimum Gasteiger partial charge on any atom is -0.298 e. The second-order valence-electron chi connectivity index (χ2n) is 5.38. The molecule has 3 rings (SSSR count). The van der Waals surface area contributed by atoms with E-state index in [1.165, 1.54) is 30.3 Å². The van der Waals surface area contributed by atoms with Gasteiger partial charge in [0, 0.05) is 12.1 Å². The summed E-state index contributed by atoms with van der Waals surface area (Å²) in [5.74, 6) is -1.37. The molecule has 0 aromatic heterocycles. The van der Waals surface area contributed by atoms with E-state index in [4.69, 9.17) is 35.4 Å². The first kappa shape index (κ1) is 19.0. The Hall–Kier alpha value is -2.81. The van der Waals surface area contributed by atoms with Gasteiger partial charge in [0.25, 0.3) is 17.5 Å². The second kappa shape index (κ2) is 7.43. The van der Waals surface area contributed by atoms with Crippen molar-refractivity contribution in [3.05, 3.63) is 73.8 Å². The fraction of sp³-hybridized carbons (Fsp3) is 0. The van der Waals surface area contributed by atoms with Crippen LogP contribution in [0.3, 0.4) is 0 Å². The number of nitro benzene ring substituents is 1. The number of rotatable bonds is 3. The molecule has 7 nitrogen and oxygen atoms in total. The van der Waals surface area contributed by atoms with Crippen LogP contribution in [0.1, 0.15) is 5.56 Å². The molecule has 1 aliphatic rings. The average Bonchev–Trinajstić information content (AvgIpc) is 2.62. The van der Waals surface area contributed by atoms with E-state index in [2.05, 4.69) is 5.32 Å². The number of carbonyl (C=O) groups is 2. The van der Waals surface area contributed by atoms with Gasteiger partial charge in [-0.15, -0.1) is 0 Å². The molecule has 2 aromatic carbocycles. The first-order valence-electron chi connectivity index (χ1n) is 7.39. The number of nitrogens with one attached hydrogen (secondary N) is 1. The van der Waals surface area contributed by atoms with Crippen LogP contribution in [0.4, 0.5) is 11.4 Å². The fourth-order valence-electron chi connectivity index (χ4n) is 2.40. The summed E-state index contributed by atoms with van der Waals surface area (Å²) in [6.07, 6.45) is 1.31. The van der Waals surface area contributed by atoms with Gasteiger partial charge in [-0.25, -0.2) is 0 Å². The van der Waals surface area contributed by atoms with Crippen molar-refractivity contribution in [2.45, 2.75) is 0 Å². The average molecular weight is 422 g/mol. The summed E-state index contributed by atoms with van der Waals surface area (Å²) >= 11 is 17.3. The summed E-state index contributed by atoms with van der Waals surface area (Å²) in [6.45, 7) is 0. The number of hydrogen-bond donors (Lipinski definition) is 1. The van der Waals surface area contributed by atoms with Crippen LogP contribution in [-0.2, 0) is 9.59 Å².